The number of imide groups is 1. The molecule has 2 N–H and O–H groups in total. The molecular formula is C11H16N2O5. The first-order chi connectivity index (χ1) is 8.38. The summed E-state index contributed by atoms with van der Waals surface area (Å²) in [7, 11) is 0. The van der Waals surface area contributed by atoms with Gasteiger partial charge in [0.1, 0.15) is 0 Å². The van der Waals surface area contributed by atoms with Gasteiger partial charge < -0.3 is 14.7 Å². The molecule has 0 aromatic heterocycles. The van der Waals surface area contributed by atoms with Crippen molar-refractivity contribution >= 4 is 17.9 Å². The molecule has 3 amide bonds. The van der Waals surface area contributed by atoms with Gasteiger partial charge in [-0.2, -0.15) is 0 Å². The monoisotopic (exact) mass is 256 g/mol. The molecule has 2 atom stereocenters. The Bertz CT molecular complexity index is 370. The highest BCUT2D eigenvalue weighted by molar-refractivity contribution is 6.02. The minimum absolute atomic E-state index is 0.0934. The number of rotatable bonds is 2. The zero-order valence-electron chi connectivity index (χ0n) is 10.3. The van der Waals surface area contributed by atoms with Crippen LogP contribution in [-0.4, -0.2) is 53.2 Å². The van der Waals surface area contributed by atoms with Crippen molar-refractivity contribution in [3.8, 4) is 0 Å². The summed E-state index contributed by atoms with van der Waals surface area (Å²) >= 11 is 0. The van der Waals surface area contributed by atoms with E-state index < -0.39 is 17.9 Å². The Labute approximate surface area is 104 Å². The average Bonchev–Trinajstić information content (AvgIpc) is 2.25. The first-order valence-electron chi connectivity index (χ1n) is 5.55. The van der Waals surface area contributed by atoms with Gasteiger partial charge in [0.15, 0.2) is 0 Å². The first-order valence-corrected chi connectivity index (χ1v) is 5.55. The highest BCUT2D eigenvalue weighted by Crippen LogP contribution is 2.10. The maximum atomic E-state index is 11.7. The summed E-state index contributed by atoms with van der Waals surface area (Å²) in [6, 6.07) is -0.544. The lowest BCUT2D eigenvalue weighted by molar-refractivity contribution is -0.131. The maximum Gasteiger partial charge on any atom is 0.328 e. The van der Waals surface area contributed by atoms with Crippen LogP contribution in [-0.2, 0) is 14.3 Å². The van der Waals surface area contributed by atoms with E-state index in [9.17, 15) is 14.4 Å². The highest BCUT2D eigenvalue weighted by atomic mass is 16.5. The van der Waals surface area contributed by atoms with Gasteiger partial charge >= 0.3 is 12.0 Å². The molecule has 1 fully saturated rings. The molecule has 1 aliphatic heterocycles. The number of ether oxygens (including phenoxy) is 1. The summed E-state index contributed by atoms with van der Waals surface area (Å²) in [4.78, 5) is 34.6. The summed E-state index contributed by atoms with van der Waals surface area (Å²) in [5.41, 5.74) is 0. The number of carbonyl (C=O) groups is 3. The maximum absolute atomic E-state index is 11.7. The van der Waals surface area contributed by atoms with Crippen LogP contribution in [0.1, 0.15) is 13.8 Å². The molecule has 0 spiro atoms. The van der Waals surface area contributed by atoms with Crippen molar-refractivity contribution in [2.24, 2.45) is 0 Å². The third kappa shape index (κ3) is 4.54. The van der Waals surface area contributed by atoms with Crippen LogP contribution in [0, 0.1) is 0 Å². The average molecular weight is 256 g/mol. The summed E-state index contributed by atoms with van der Waals surface area (Å²) in [5.74, 6) is -2.00. The lowest BCUT2D eigenvalue weighted by Gasteiger charge is -2.34. The van der Waals surface area contributed by atoms with Crippen LogP contribution in [0.5, 0.6) is 0 Å². The van der Waals surface area contributed by atoms with Crippen molar-refractivity contribution in [1.82, 2.24) is 10.2 Å². The predicted octanol–water partition coefficient (Wildman–Crippen LogP) is -0.0274. The normalized spacial score (nSPS) is 24.0. The Balaban J connectivity index is 2.49. The standard InChI is InChI=1S/C11H16N2O5/c1-7-5-13(6-8(2)18-7)11(17)12-9(14)3-4-10(15)16/h3-4,7-8H,5-6H2,1-2H3,(H,15,16)(H,12,14,17)/b4-3+/t7-,8+. The van der Waals surface area contributed by atoms with E-state index in [1.54, 1.807) is 0 Å². The molecular weight excluding hydrogens is 240 g/mol. The van der Waals surface area contributed by atoms with E-state index in [4.69, 9.17) is 9.84 Å². The SMILES string of the molecule is C[C@@H]1CN(C(=O)NC(=O)/C=C/C(=O)O)C[C@H](C)O1. The Morgan fingerprint density at radius 1 is 1.22 bits per heavy atom. The first kappa shape index (κ1) is 14.2. The highest BCUT2D eigenvalue weighted by Gasteiger charge is 2.26. The molecule has 0 unspecified atom stereocenters. The van der Waals surface area contributed by atoms with Crippen LogP contribution in [0.3, 0.4) is 0 Å². The van der Waals surface area contributed by atoms with Crippen LogP contribution in [0.4, 0.5) is 4.79 Å². The molecule has 0 bridgehead atoms. The Morgan fingerprint density at radius 3 is 2.28 bits per heavy atom. The van der Waals surface area contributed by atoms with Crippen molar-refractivity contribution < 1.29 is 24.2 Å². The van der Waals surface area contributed by atoms with Gasteiger partial charge in [0.05, 0.1) is 12.2 Å². The molecule has 1 heterocycles. The van der Waals surface area contributed by atoms with Crippen molar-refractivity contribution in [2.75, 3.05) is 13.1 Å². The third-order valence-corrected chi connectivity index (χ3v) is 2.31. The topological polar surface area (TPSA) is 95.9 Å². The molecule has 1 aliphatic rings. The quantitative estimate of drug-likeness (QED) is 0.676. The second-order valence-electron chi connectivity index (χ2n) is 4.13. The largest absolute Gasteiger partial charge is 0.478 e. The van der Waals surface area contributed by atoms with Crippen molar-refractivity contribution in [3.05, 3.63) is 12.2 Å². The minimum atomic E-state index is -1.24. The lowest BCUT2D eigenvalue weighted by Crippen LogP contribution is -2.52. The molecule has 18 heavy (non-hydrogen) atoms. The number of carboxylic acid groups (broad SMARTS) is 1. The number of morpholine rings is 1. The van der Waals surface area contributed by atoms with Gasteiger partial charge in [0, 0.05) is 25.2 Å². The fourth-order valence-corrected chi connectivity index (χ4v) is 1.72. The Morgan fingerprint density at radius 2 is 1.78 bits per heavy atom. The van der Waals surface area contributed by atoms with Gasteiger partial charge in [0.2, 0.25) is 0 Å². The van der Waals surface area contributed by atoms with E-state index >= 15 is 0 Å². The van der Waals surface area contributed by atoms with Gasteiger partial charge in [0.25, 0.3) is 5.91 Å². The third-order valence-electron chi connectivity index (χ3n) is 2.31. The molecule has 1 saturated heterocycles. The number of carbonyl (C=O) groups excluding carboxylic acids is 2. The number of carboxylic acids is 1. The van der Waals surface area contributed by atoms with E-state index in [2.05, 4.69) is 5.32 Å². The van der Waals surface area contributed by atoms with Crippen LogP contribution < -0.4 is 5.32 Å². The molecule has 100 valence electrons. The summed E-state index contributed by atoms with van der Waals surface area (Å²) < 4.78 is 5.45. The number of aliphatic carboxylic acids is 1. The zero-order chi connectivity index (χ0) is 13.7. The van der Waals surface area contributed by atoms with Crippen LogP contribution in [0.25, 0.3) is 0 Å². The van der Waals surface area contributed by atoms with Gasteiger partial charge in [-0.25, -0.2) is 9.59 Å². The minimum Gasteiger partial charge on any atom is -0.478 e. The Hall–Kier alpha value is -1.89. The van der Waals surface area contributed by atoms with E-state index in [0.29, 0.717) is 19.2 Å². The fraction of sp³-hybridized carbons (Fsp3) is 0.545. The van der Waals surface area contributed by atoms with Gasteiger partial charge in [-0.05, 0) is 13.8 Å². The van der Waals surface area contributed by atoms with Gasteiger partial charge in [-0.1, -0.05) is 0 Å². The predicted molar refractivity (Wildman–Crippen MR) is 61.9 cm³/mol. The molecule has 0 aliphatic carbocycles. The molecule has 0 saturated carbocycles. The Kier molecular flexibility index (Phi) is 4.85. The van der Waals surface area contributed by atoms with Crippen LogP contribution >= 0.6 is 0 Å². The molecule has 0 aromatic rings. The number of hydrogen-bond donors (Lipinski definition) is 2. The van der Waals surface area contributed by atoms with E-state index in [-0.39, 0.29) is 12.2 Å². The number of nitrogens with one attached hydrogen (secondary N) is 1. The second-order valence-corrected chi connectivity index (χ2v) is 4.13. The van der Waals surface area contributed by atoms with Crippen molar-refractivity contribution in [1.29, 1.82) is 0 Å². The molecule has 7 nitrogen and oxygen atoms in total. The molecule has 0 radical (unpaired) electrons. The van der Waals surface area contributed by atoms with E-state index in [1.807, 2.05) is 13.8 Å². The molecule has 7 heteroatoms. The van der Waals surface area contributed by atoms with Crippen LogP contribution in [0.15, 0.2) is 12.2 Å². The summed E-state index contributed by atoms with van der Waals surface area (Å²) in [6.07, 6.45) is 1.29. The van der Waals surface area contributed by atoms with Crippen LogP contribution in [0.2, 0.25) is 0 Å². The number of urea groups is 1. The smallest absolute Gasteiger partial charge is 0.328 e. The molecule has 1 rings (SSSR count). The summed E-state index contributed by atoms with van der Waals surface area (Å²) in [5, 5.41) is 10.4. The molecule has 0 aromatic carbocycles. The number of hydrogen-bond acceptors (Lipinski definition) is 4. The summed E-state index contributed by atoms with van der Waals surface area (Å²) in [6.45, 7) is 4.46. The van der Waals surface area contributed by atoms with Crippen molar-refractivity contribution in [2.45, 2.75) is 26.1 Å². The zero-order valence-corrected chi connectivity index (χ0v) is 10.3. The van der Waals surface area contributed by atoms with Gasteiger partial charge in [-0.15, -0.1) is 0 Å². The number of amides is 3. The van der Waals surface area contributed by atoms with E-state index in [0.717, 1.165) is 6.08 Å². The second kappa shape index (κ2) is 6.15. The van der Waals surface area contributed by atoms with Crippen molar-refractivity contribution in [3.63, 3.8) is 0 Å². The fourth-order valence-electron chi connectivity index (χ4n) is 1.72. The lowest BCUT2D eigenvalue weighted by atomic mass is 10.2. The van der Waals surface area contributed by atoms with Gasteiger partial charge in [-0.3, -0.25) is 10.1 Å². The number of nitrogens with zero attached hydrogens (tertiary/aromatic N) is 1. The van der Waals surface area contributed by atoms with E-state index in [1.165, 1.54) is 4.90 Å².